The lowest BCUT2D eigenvalue weighted by Crippen LogP contribution is -2.57. The minimum Gasteiger partial charge on any atom is -0.368 e. The predicted molar refractivity (Wildman–Crippen MR) is 101 cm³/mol. The van der Waals surface area contributed by atoms with E-state index in [2.05, 4.69) is 10.2 Å². The fourth-order valence-corrected chi connectivity index (χ4v) is 4.51. The van der Waals surface area contributed by atoms with Crippen LogP contribution in [0.15, 0.2) is 0 Å². The van der Waals surface area contributed by atoms with Gasteiger partial charge in [0.1, 0.15) is 6.04 Å². The van der Waals surface area contributed by atoms with Crippen molar-refractivity contribution in [2.45, 2.75) is 50.2 Å². The second kappa shape index (κ2) is 8.87. The van der Waals surface area contributed by atoms with Gasteiger partial charge in [0.2, 0.25) is 23.6 Å². The molecule has 4 fully saturated rings. The van der Waals surface area contributed by atoms with E-state index in [9.17, 15) is 19.2 Å². The number of amides is 4. The Hall–Kier alpha value is -2.20. The predicted octanol–water partition coefficient (Wildman–Crippen LogP) is -2.40. The highest BCUT2D eigenvalue weighted by molar-refractivity contribution is 5.93. The SMILES string of the molecule is NCCN1CC(=O)N[C@H](C(N)=O)CC(=O)N2CCC(CC2)N2CCC[C@H]2C1=O. The lowest BCUT2D eigenvalue weighted by molar-refractivity contribution is -0.143. The number of nitrogens with zero attached hydrogens (tertiary/aromatic N) is 3. The minimum atomic E-state index is -1.08. The fourth-order valence-electron chi connectivity index (χ4n) is 4.51. The topological polar surface area (TPSA) is 142 Å². The zero-order valence-electron chi connectivity index (χ0n) is 16.1. The van der Waals surface area contributed by atoms with Crippen molar-refractivity contribution >= 4 is 23.6 Å². The van der Waals surface area contributed by atoms with Crippen LogP contribution < -0.4 is 16.8 Å². The highest BCUT2D eigenvalue weighted by Gasteiger charge is 2.40. The number of fused-ring (bicyclic) bond motifs is 9. The third-order valence-electron chi connectivity index (χ3n) is 5.97. The Morgan fingerprint density at radius 1 is 1.11 bits per heavy atom. The molecule has 2 bridgehead atoms. The van der Waals surface area contributed by atoms with Gasteiger partial charge in [0.15, 0.2) is 0 Å². The highest BCUT2D eigenvalue weighted by atomic mass is 16.2. The van der Waals surface area contributed by atoms with Crippen molar-refractivity contribution in [3.63, 3.8) is 0 Å². The van der Waals surface area contributed by atoms with Crippen molar-refractivity contribution in [3.8, 4) is 0 Å². The Morgan fingerprint density at radius 3 is 2.46 bits per heavy atom. The van der Waals surface area contributed by atoms with Gasteiger partial charge in [-0.05, 0) is 32.2 Å². The maximum absolute atomic E-state index is 13.2. The maximum Gasteiger partial charge on any atom is 0.240 e. The zero-order valence-corrected chi connectivity index (χ0v) is 16.1. The summed E-state index contributed by atoms with van der Waals surface area (Å²) in [6.07, 6.45) is 3.11. The van der Waals surface area contributed by atoms with Crippen molar-refractivity contribution in [2.75, 3.05) is 39.3 Å². The molecule has 0 unspecified atom stereocenters. The van der Waals surface area contributed by atoms with E-state index in [4.69, 9.17) is 11.5 Å². The summed E-state index contributed by atoms with van der Waals surface area (Å²) in [5, 5.41) is 2.52. The Bertz CT molecular complexity index is 634. The summed E-state index contributed by atoms with van der Waals surface area (Å²) in [5.41, 5.74) is 11.0. The van der Waals surface area contributed by atoms with Crippen LogP contribution in [0.2, 0.25) is 0 Å². The molecule has 10 heteroatoms. The molecule has 0 saturated carbocycles. The van der Waals surface area contributed by atoms with Gasteiger partial charge in [-0.2, -0.15) is 0 Å². The number of piperidine rings is 1. The number of carbonyl (C=O) groups excluding carboxylic acids is 4. The average molecular weight is 394 g/mol. The Kier molecular flexibility index (Phi) is 6.50. The molecule has 5 N–H and O–H groups in total. The molecular formula is C18H30N6O4. The van der Waals surface area contributed by atoms with Crippen molar-refractivity contribution in [3.05, 3.63) is 0 Å². The van der Waals surface area contributed by atoms with Gasteiger partial charge in [-0.25, -0.2) is 0 Å². The molecule has 0 aromatic rings. The largest absolute Gasteiger partial charge is 0.368 e. The number of hydrogen-bond donors (Lipinski definition) is 3. The smallest absolute Gasteiger partial charge is 0.240 e. The third kappa shape index (κ3) is 4.44. The van der Waals surface area contributed by atoms with Gasteiger partial charge >= 0.3 is 0 Å². The number of nitrogens with two attached hydrogens (primary N) is 2. The van der Waals surface area contributed by atoms with Crippen LogP contribution in [-0.2, 0) is 19.2 Å². The number of nitrogens with one attached hydrogen (secondary N) is 1. The van der Waals surface area contributed by atoms with Gasteiger partial charge in [-0.1, -0.05) is 0 Å². The lowest BCUT2D eigenvalue weighted by Gasteiger charge is -2.40. The van der Waals surface area contributed by atoms with Crippen LogP contribution in [0, 0.1) is 0 Å². The summed E-state index contributed by atoms with van der Waals surface area (Å²) in [7, 11) is 0. The van der Waals surface area contributed by atoms with Gasteiger partial charge < -0.3 is 26.6 Å². The molecule has 4 rings (SSSR count). The number of hydrogen-bond acceptors (Lipinski definition) is 6. The summed E-state index contributed by atoms with van der Waals surface area (Å²) in [4.78, 5) is 55.4. The Labute approximate surface area is 164 Å². The average Bonchev–Trinajstić information content (AvgIpc) is 3.15. The summed E-state index contributed by atoms with van der Waals surface area (Å²) in [6.45, 7) is 2.30. The summed E-state index contributed by atoms with van der Waals surface area (Å²) < 4.78 is 0. The number of primary amides is 1. The quantitative estimate of drug-likeness (QED) is 0.487. The molecule has 0 radical (unpaired) electrons. The molecule has 4 amide bonds. The van der Waals surface area contributed by atoms with E-state index in [1.165, 1.54) is 4.90 Å². The van der Waals surface area contributed by atoms with E-state index in [-0.39, 0.29) is 50.0 Å². The Balaban J connectivity index is 1.86. The van der Waals surface area contributed by atoms with Crippen LogP contribution in [0.4, 0.5) is 0 Å². The van der Waals surface area contributed by atoms with Gasteiger partial charge in [-0.15, -0.1) is 0 Å². The van der Waals surface area contributed by atoms with E-state index >= 15 is 0 Å². The van der Waals surface area contributed by atoms with E-state index < -0.39 is 17.9 Å². The van der Waals surface area contributed by atoms with Crippen molar-refractivity contribution in [1.82, 2.24) is 20.0 Å². The van der Waals surface area contributed by atoms with Crippen LogP contribution >= 0.6 is 0 Å². The second-order valence-electron chi connectivity index (χ2n) is 7.78. The molecule has 0 aliphatic carbocycles. The van der Waals surface area contributed by atoms with Crippen LogP contribution in [0.25, 0.3) is 0 Å². The van der Waals surface area contributed by atoms with Gasteiger partial charge in [0.05, 0.1) is 19.0 Å². The first-order chi connectivity index (χ1) is 13.4. The molecule has 4 heterocycles. The standard InChI is InChI=1S/C18H30N6O4/c19-5-9-23-11-15(25)21-13(17(20)27)10-16(26)22-7-3-12(4-8-22)24-6-1-2-14(24)18(23)28/h12-14H,1-11,19H2,(H2,20,27)(H,21,25)/t13-,14-/m0/s1. The van der Waals surface area contributed by atoms with Crippen LogP contribution in [0.3, 0.4) is 0 Å². The molecule has 0 aromatic carbocycles. The van der Waals surface area contributed by atoms with Crippen molar-refractivity contribution in [1.29, 1.82) is 0 Å². The molecular weight excluding hydrogens is 364 g/mol. The van der Waals surface area contributed by atoms with E-state index in [0.29, 0.717) is 13.1 Å². The molecule has 28 heavy (non-hydrogen) atoms. The summed E-state index contributed by atoms with van der Waals surface area (Å²) in [5.74, 6) is -1.56. The maximum atomic E-state index is 13.2. The van der Waals surface area contributed by atoms with Crippen molar-refractivity contribution < 1.29 is 19.2 Å². The van der Waals surface area contributed by atoms with E-state index in [1.54, 1.807) is 4.90 Å². The molecule has 156 valence electrons. The second-order valence-corrected chi connectivity index (χ2v) is 7.78. The molecule has 0 spiro atoms. The third-order valence-corrected chi connectivity index (χ3v) is 5.97. The highest BCUT2D eigenvalue weighted by Crippen LogP contribution is 2.27. The van der Waals surface area contributed by atoms with E-state index in [0.717, 1.165) is 32.2 Å². The van der Waals surface area contributed by atoms with E-state index in [1.807, 2.05) is 0 Å². The first-order valence-corrected chi connectivity index (χ1v) is 10.0. The minimum absolute atomic E-state index is 0.0932. The zero-order chi connectivity index (χ0) is 20.3. The molecule has 10 nitrogen and oxygen atoms in total. The molecule has 0 aromatic heterocycles. The Morgan fingerprint density at radius 2 is 1.82 bits per heavy atom. The monoisotopic (exact) mass is 394 g/mol. The molecule has 4 aliphatic heterocycles. The molecule has 4 saturated heterocycles. The van der Waals surface area contributed by atoms with Gasteiger partial charge in [0, 0.05) is 32.2 Å². The molecule has 2 atom stereocenters. The number of rotatable bonds is 3. The molecule has 4 aliphatic rings. The summed E-state index contributed by atoms with van der Waals surface area (Å²) in [6, 6.07) is -1.11. The first kappa shape index (κ1) is 20.5. The lowest BCUT2D eigenvalue weighted by atomic mass is 10.0. The normalized spacial score (nSPS) is 30.2. The van der Waals surface area contributed by atoms with Crippen LogP contribution in [0.1, 0.15) is 32.1 Å². The van der Waals surface area contributed by atoms with Gasteiger partial charge in [-0.3, -0.25) is 24.1 Å². The summed E-state index contributed by atoms with van der Waals surface area (Å²) >= 11 is 0. The van der Waals surface area contributed by atoms with Crippen LogP contribution in [0.5, 0.6) is 0 Å². The van der Waals surface area contributed by atoms with Crippen LogP contribution in [-0.4, -0.2) is 95.7 Å². The first-order valence-electron chi connectivity index (χ1n) is 10.0. The van der Waals surface area contributed by atoms with Gasteiger partial charge in [0.25, 0.3) is 0 Å². The fraction of sp³-hybridized carbons (Fsp3) is 0.778. The van der Waals surface area contributed by atoms with Crippen molar-refractivity contribution in [2.24, 2.45) is 11.5 Å². The number of carbonyl (C=O) groups is 4.